The minimum Gasteiger partial charge on any atom is -0.466 e. The normalized spacial score (nSPS) is 19.5. The van der Waals surface area contributed by atoms with Crippen LogP contribution in [0.15, 0.2) is 60.8 Å². The molecule has 11 heteroatoms. The van der Waals surface area contributed by atoms with Crippen LogP contribution in [0.25, 0.3) is 0 Å². The Morgan fingerprint density at radius 2 is 0.958 bits per heavy atom. The molecule has 0 spiro atoms. The summed E-state index contributed by atoms with van der Waals surface area (Å²) in [5.41, 5.74) is 0. The molecular formula is C61H109NO10. The van der Waals surface area contributed by atoms with Gasteiger partial charge in [-0.3, -0.25) is 9.59 Å². The minimum atomic E-state index is -1.58. The summed E-state index contributed by atoms with van der Waals surface area (Å²) in [5, 5.41) is 54.2. The average molecular weight is 1020 g/mol. The molecule has 1 fully saturated rings. The summed E-state index contributed by atoms with van der Waals surface area (Å²) in [6.45, 7) is 4.23. The Labute approximate surface area is 439 Å². The number of carbonyl (C=O) groups excluding carboxylic acids is 2. The third-order valence-corrected chi connectivity index (χ3v) is 13.6. The molecule has 418 valence electrons. The highest BCUT2D eigenvalue weighted by Crippen LogP contribution is 2.23. The molecule has 0 bridgehead atoms. The highest BCUT2D eigenvalue weighted by atomic mass is 16.7. The van der Waals surface area contributed by atoms with E-state index >= 15 is 0 Å². The molecule has 0 saturated carbocycles. The molecule has 1 saturated heterocycles. The Kier molecular flexibility index (Phi) is 47.3. The number of carbonyl (C=O) groups is 2. The Morgan fingerprint density at radius 1 is 0.514 bits per heavy atom. The van der Waals surface area contributed by atoms with Crippen molar-refractivity contribution >= 4 is 11.9 Å². The second-order valence-electron chi connectivity index (χ2n) is 20.3. The lowest BCUT2D eigenvalue weighted by Crippen LogP contribution is -2.60. The summed E-state index contributed by atoms with van der Waals surface area (Å²) in [5.74, 6) is -0.223. The maximum Gasteiger partial charge on any atom is 0.305 e. The number of hydrogen-bond acceptors (Lipinski definition) is 10. The highest BCUT2D eigenvalue weighted by Gasteiger charge is 2.44. The number of amides is 1. The van der Waals surface area contributed by atoms with Gasteiger partial charge in [-0.05, 0) is 96.3 Å². The van der Waals surface area contributed by atoms with Crippen molar-refractivity contribution in [2.45, 2.75) is 294 Å². The highest BCUT2D eigenvalue weighted by molar-refractivity contribution is 5.76. The van der Waals surface area contributed by atoms with Gasteiger partial charge in [0, 0.05) is 12.8 Å². The molecule has 0 aromatic rings. The number of unbranched alkanes of at least 4 members (excludes halogenated alkanes) is 28. The van der Waals surface area contributed by atoms with Gasteiger partial charge < -0.3 is 45.1 Å². The van der Waals surface area contributed by atoms with Gasteiger partial charge >= 0.3 is 5.97 Å². The van der Waals surface area contributed by atoms with Gasteiger partial charge in [0.1, 0.15) is 24.4 Å². The van der Waals surface area contributed by atoms with Crippen molar-refractivity contribution in [2.75, 3.05) is 19.8 Å². The van der Waals surface area contributed by atoms with Gasteiger partial charge in [0.2, 0.25) is 5.91 Å². The number of ether oxygens (including phenoxy) is 3. The SMILES string of the molecule is CCCC/C=C\CCCCCCCC(=O)OCCCCCCCCCCC/C=C\C/C=C\CCCCCCCCCC(=O)NC(COC1OC(CO)C(O)C(O)C1O)C(O)/C=C/CC/C=C/CCCCCC. The van der Waals surface area contributed by atoms with E-state index in [-0.39, 0.29) is 18.5 Å². The smallest absolute Gasteiger partial charge is 0.305 e. The van der Waals surface area contributed by atoms with Crippen LogP contribution in [0.5, 0.6) is 0 Å². The van der Waals surface area contributed by atoms with Gasteiger partial charge in [-0.2, -0.15) is 0 Å². The number of aliphatic hydroxyl groups is 5. The molecule has 7 unspecified atom stereocenters. The van der Waals surface area contributed by atoms with Crippen molar-refractivity contribution in [3.8, 4) is 0 Å². The van der Waals surface area contributed by atoms with Gasteiger partial charge in [-0.1, -0.05) is 203 Å². The predicted octanol–water partition coefficient (Wildman–Crippen LogP) is 13.4. The molecule has 1 amide bonds. The van der Waals surface area contributed by atoms with Crippen LogP contribution in [0.1, 0.15) is 251 Å². The quantitative estimate of drug-likeness (QED) is 0.0195. The maximum atomic E-state index is 13.0. The maximum absolute atomic E-state index is 13.0. The van der Waals surface area contributed by atoms with Crippen LogP contribution < -0.4 is 5.32 Å². The zero-order valence-electron chi connectivity index (χ0n) is 45.9. The Morgan fingerprint density at radius 3 is 1.50 bits per heavy atom. The summed E-state index contributed by atoms with van der Waals surface area (Å²) in [4.78, 5) is 25.0. The number of rotatable bonds is 50. The average Bonchev–Trinajstić information content (AvgIpc) is 3.38. The summed E-state index contributed by atoms with van der Waals surface area (Å²) in [7, 11) is 0. The molecule has 11 nitrogen and oxygen atoms in total. The lowest BCUT2D eigenvalue weighted by Gasteiger charge is -2.40. The molecule has 0 aliphatic carbocycles. The molecule has 0 aromatic heterocycles. The van der Waals surface area contributed by atoms with Crippen LogP contribution in [0.2, 0.25) is 0 Å². The molecule has 7 atom stereocenters. The molecule has 1 aliphatic rings. The molecule has 1 aliphatic heterocycles. The molecule has 1 heterocycles. The molecular weight excluding hydrogens is 907 g/mol. The number of nitrogens with one attached hydrogen (secondary N) is 1. The van der Waals surface area contributed by atoms with Crippen molar-refractivity contribution in [1.82, 2.24) is 5.32 Å². The molecule has 72 heavy (non-hydrogen) atoms. The second kappa shape index (κ2) is 50.5. The topological polar surface area (TPSA) is 175 Å². The summed E-state index contributed by atoms with van der Waals surface area (Å²) in [6.07, 6.45) is 54.7. The lowest BCUT2D eigenvalue weighted by molar-refractivity contribution is -0.302. The summed E-state index contributed by atoms with van der Waals surface area (Å²) in [6, 6.07) is -0.835. The zero-order chi connectivity index (χ0) is 52.4. The zero-order valence-corrected chi connectivity index (χ0v) is 45.9. The third-order valence-electron chi connectivity index (χ3n) is 13.6. The third kappa shape index (κ3) is 39.8. The van der Waals surface area contributed by atoms with E-state index in [0.717, 1.165) is 89.9 Å². The van der Waals surface area contributed by atoms with Crippen LogP contribution in [-0.4, -0.2) is 100 Å². The van der Waals surface area contributed by atoms with Gasteiger partial charge in [0.25, 0.3) is 0 Å². The van der Waals surface area contributed by atoms with Crippen LogP contribution >= 0.6 is 0 Å². The van der Waals surface area contributed by atoms with Crippen molar-refractivity contribution < 1.29 is 49.3 Å². The van der Waals surface area contributed by atoms with E-state index < -0.39 is 49.5 Å². The fourth-order valence-electron chi connectivity index (χ4n) is 8.81. The van der Waals surface area contributed by atoms with Crippen LogP contribution in [-0.2, 0) is 23.8 Å². The van der Waals surface area contributed by atoms with E-state index in [2.05, 4.69) is 67.8 Å². The van der Waals surface area contributed by atoms with Crippen LogP contribution in [0, 0.1) is 0 Å². The predicted molar refractivity (Wildman–Crippen MR) is 296 cm³/mol. The Bertz CT molecular complexity index is 1380. The van der Waals surface area contributed by atoms with Gasteiger partial charge in [-0.15, -0.1) is 0 Å². The Balaban J connectivity index is 2.07. The van der Waals surface area contributed by atoms with E-state index in [4.69, 9.17) is 14.2 Å². The van der Waals surface area contributed by atoms with E-state index in [0.29, 0.717) is 19.4 Å². The monoisotopic (exact) mass is 1020 g/mol. The van der Waals surface area contributed by atoms with Crippen molar-refractivity contribution in [3.05, 3.63) is 60.8 Å². The largest absolute Gasteiger partial charge is 0.466 e. The fourth-order valence-corrected chi connectivity index (χ4v) is 8.81. The lowest BCUT2D eigenvalue weighted by atomic mass is 9.99. The number of aliphatic hydroxyl groups excluding tert-OH is 5. The first kappa shape index (κ1) is 67.4. The first-order valence-corrected chi connectivity index (χ1v) is 29.6. The van der Waals surface area contributed by atoms with E-state index in [9.17, 15) is 35.1 Å². The Hall–Kier alpha value is -2.64. The van der Waals surface area contributed by atoms with Crippen molar-refractivity contribution in [3.63, 3.8) is 0 Å². The number of allylic oxidation sites excluding steroid dienone is 9. The number of esters is 1. The number of hydrogen-bond donors (Lipinski definition) is 6. The van der Waals surface area contributed by atoms with Crippen molar-refractivity contribution in [2.24, 2.45) is 0 Å². The van der Waals surface area contributed by atoms with E-state index in [1.165, 1.54) is 135 Å². The van der Waals surface area contributed by atoms with E-state index in [1.54, 1.807) is 6.08 Å². The molecule has 0 aromatic carbocycles. The first-order valence-electron chi connectivity index (χ1n) is 29.6. The molecule has 0 radical (unpaired) electrons. The van der Waals surface area contributed by atoms with Crippen LogP contribution in [0.4, 0.5) is 0 Å². The first-order chi connectivity index (χ1) is 35.2. The van der Waals surface area contributed by atoms with Gasteiger partial charge in [-0.25, -0.2) is 0 Å². The summed E-state index contributed by atoms with van der Waals surface area (Å²) < 4.78 is 16.6. The van der Waals surface area contributed by atoms with Crippen LogP contribution in [0.3, 0.4) is 0 Å². The standard InChI is InChI=1S/C61H109NO10/c1-3-5-7-9-11-13-28-33-37-41-45-49-57(66)70-50-46-42-38-34-30-27-25-23-21-19-17-15-16-18-20-22-24-26-29-32-36-40-44-48-56(65)62-53(52-71-61-60(69)59(68)58(67)55(51-63)72-61)54(64)47-43-39-35-31-14-12-10-8-6-4-2/h9,11,14-15,17-18,20,31,43,47,53-55,58-61,63-64,67-69H,3-8,10,12-13,16,19,21-30,32-42,44-46,48-52H2,1-2H3,(H,62,65)/b11-9-,17-15-,20-18-,31-14+,47-43+. The molecule has 1 rings (SSSR count). The van der Waals surface area contributed by atoms with Gasteiger partial charge in [0.15, 0.2) is 6.29 Å². The summed E-state index contributed by atoms with van der Waals surface area (Å²) >= 11 is 0. The van der Waals surface area contributed by atoms with E-state index in [1.807, 2.05) is 6.08 Å². The fraction of sp³-hybridized carbons (Fsp3) is 0.803. The van der Waals surface area contributed by atoms with Crippen molar-refractivity contribution in [1.29, 1.82) is 0 Å². The second-order valence-corrected chi connectivity index (χ2v) is 20.3. The van der Waals surface area contributed by atoms with Gasteiger partial charge in [0.05, 0.1) is 32.0 Å². The minimum absolute atomic E-state index is 0.0173. The molecule has 6 N–H and O–H groups in total.